The lowest BCUT2D eigenvalue weighted by Crippen LogP contribution is -2.39. The molecule has 1 aliphatic carbocycles. The summed E-state index contributed by atoms with van der Waals surface area (Å²) in [6.07, 6.45) is 7.88. The molecule has 3 aromatic rings. The number of aromatic nitrogens is 2. The second-order valence-corrected chi connectivity index (χ2v) is 12.8. The van der Waals surface area contributed by atoms with Crippen LogP contribution < -0.4 is 0 Å². The summed E-state index contributed by atoms with van der Waals surface area (Å²) in [7, 11) is -3.49. The molecule has 0 spiro atoms. The monoisotopic (exact) mass is 497 g/mol. The van der Waals surface area contributed by atoms with Gasteiger partial charge in [0.1, 0.15) is 0 Å². The maximum atomic E-state index is 13.4. The molecule has 0 N–H and O–H groups in total. The van der Waals surface area contributed by atoms with E-state index in [0.717, 1.165) is 54.0 Å². The molecule has 5 rings (SSSR count). The zero-order chi connectivity index (χ0) is 23.7. The van der Waals surface area contributed by atoms with Gasteiger partial charge in [-0.25, -0.2) is 13.4 Å². The van der Waals surface area contributed by atoms with Gasteiger partial charge in [0.25, 0.3) is 0 Å². The molecule has 2 heterocycles. The third kappa shape index (κ3) is 4.79. The maximum Gasteiger partial charge on any atom is 0.243 e. The van der Waals surface area contributed by atoms with Crippen LogP contribution in [0.25, 0.3) is 11.0 Å². The van der Waals surface area contributed by atoms with Crippen LogP contribution in [0.2, 0.25) is 0 Å². The largest absolute Gasteiger partial charge is 0.316 e. The second kappa shape index (κ2) is 10.0. The van der Waals surface area contributed by atoms with Crippen LogP contribution in [0.1, 0.15) is 69.5 Å². The number of imidazole rings is 1. The van der Waals surface area contributed by atoms with Crippen molar-refractivity contribution >= 4 is 32.8 Å². The van der Waals surface area contributed by atoms with Crippen LogP contribution >= 0.6 is 11.8 Å². The quantitative estimate of drug-likeness (QED) is 0.353. The van der Waals surface area contributed by atoms with Crippen molar-refractivity contribution in [1.82, 2.24) is 13.9 Å². The Labute approximate surface area is 208 Å². The molecule has 1 atom stereocenters. The molecule has 2 fully saturated rings. The SMILES string of the molecule is CCc1ccc(CSc2nc3cc(S(=O)(=O)N4CCC[C@H](C)C4)ccc3n2C2CCCC2)cc1. The fourth-order valence-corrected chi connectivity index (χ4v) is 8.02. The van der Waals surface area contributed by atoms with Gasteiger partial charge in [-0.1, -0.05) is 62.7 Å². The number of nitrogens with zero attached hydrogens (tertiary/aromatic N) is 3. The Morgan fingerprint density at radius 3 is 2.44 bits per heavy atom. The van der Waals surface area contributed by atoms with Gasteiger partial charge < -0.3 is 4.57 Å². The molecular weight excluding hydrogens is 462 g/mol. The molecule has 1 saturated heterocycles. The predicted molar refractivity (Wildman–Crippen MR) is 140 cm³/mol. The first-order valence-corrected chi connectivity index (χ1v) is 15.1. The highest BCUT2D eigenvalue weighted by atomic mass is 32.2. The van der Waals surface area contributed by atoms with Crippen LogP contribution in [0.4, 0.5) is 0 Å². The van der Waals surface area contributed by atoms with E-state index in [-0.39, 0.29) is 0 Å². The smallest absolute Gasteiger partial charge is 0.243 e. The van der Waals surface area contributed by atoms with Gasteiger partial charge in [0.05, 0.1) is 15.9 Å². The number of hydrogen-bond acceptors (Lipinski definition) is 4. The first-order valence-electron chi connectivity index (χ1n) is 12.7. The summed E-state index contributed by atoms with van der Waals surface area (Å²) >= 11 is 1.76. The van der Waals surface area contributed by atoms with Crippen molar-refractivity contribution in [2.75, 3.05) is 13.1 Å². The number of hydrogen-bond donors (Lipinski definition) is 0. The van der Waals surface area contributed by atoms with Crippen LogP contribution in [0.15, 0.2) is 52.5 Å². The molecule has 1 saturated carbocycles. The van der Waals surface area contributed by atoms with Gasteiger partial charge in [-0.2, -0.15) is 4.31 Å². The Morgan fingerprint density at radius 2 is 1.74 bits per heavy atom. The van der Waals surface area contributed by atoms with E-state index in [0.29, 0.717) is 29.9 Å². The normalized spacial score (nSPS) is 20.4. The van der Waals surface area contributed by atoms with Crippen LogP contribution in [-0.2, 0) is 22.2 Å². The van der Waals surface area contributed by atoms with Crippen molar-refractivity contribution in [3.63, 3.8) is 0 Å². The summed E-state index contributed by atoms with van der Waals surface area (Å²) < 4.78 is 30.8. The summed E-state index contributed by atoms with van der Waals surface area (Å²) in [4.78, 5) is 5.36. The highest BCUT2D eigenvalue weighted by molar-refractivity contribution is 7.98. The van der Waals surface area contributed by atoms with Crippen molar-refractivity contribution in [1.29, 1.82) is 0 Å². The van der Waals surface area contributed by atoms with E-state index in [9.17, 15) is 8.42 Å². The third-order valence-corrected chi connectivity index (χ3v) is 10.3. The Kier molecular flexibility index (Phi) is 7.05. The number of benzene rings is 2. The highest BCUT2D eigenvalue weighted by Crippen LogP contribution is 2.38. The maximum absolute atomic E-state index is 13.4. The zero-order valence-corrected chi connectivity index (χ0v) is 21.9. The summed E-state index contributed by atoms with van der Waals surface area (Å²) in [5.41, 5.74) is 4.49. The second-order valence-electron chi connectivity index (χ2n) is 9.92. The molecule has 0 radical (unpaired) electrons. The molecule has 0 amide bonds. The molecule has 34 heavy (non-hydrogen) atoms. The lowest BCUT2D eigenvalue weighted by molar-refractivity contribution is 0.281. The summed E-state index contributed by atoms with van der Waals surface area (Å²) in [6, 6.07) is 14.8. The first-order chi connectivity index (χ1) is 16.5. The highest BCUT2D eigenvalue weighted by Gasteiger charge is 2.30. The Balaban J connectivity index is 1.47. The van der Waals surface area contributed by atoms with Gasteiger partial charge >= 0.3 is 0 Å². The van der Waals surface area contributed by atoms with E-state index >= 15 is 0 Å². The Morgan fingerprint density at radius 1 is 1.00 bits per heavy atom. The fourth-order valence-electron chi connectivity index (χ4n) is 5.37. The lowest BCUT2D eigenvalue weighted by atomic mass is 10.0. The van der Waals surface area contributed by atoms with E-state index in [4.69, 9.17) is 4.98 Å². The number of fused-ring (bicyclic) bond motifs is 1. The predicted octanol–water partition coefficient (Wildman–Crippen LogP) is 6.43. The molecule has 2 aromatic carbocycles. The van der Waals surface area contributed by atoms with Crippen molar-refractivity contribution in [3.8, 4) is 0 Å². The van der Waals surface area contributed by atoms with Crippen molar-refractivity contribution in [2.45, 2.75) is 80.6 Å². The van der Waals surface area contributed by atoms with Gasteiger partial charge in [-0.3, -0.25) is 0 Å². The summed E-state index contributed by atoms with van der Waals surface area (Å²) in [5.74, 6) is 1.26. The van der Waals surface area contributed by atoms with Crippen LogP contribution in [-0.4, -0.2) is 35.4 Å². The topological polar surface area (TPSA) is 55.2 Å². The number of aryl methyl sites for hydroxylation is 1. The molecule has 5 nitrogen and oxygen atoms in total. The number of rotatable bonds is 7. The molecule has 182 valence electrons. The van der Waals surface area contributed by atoms with Crippen LogP contribution in [0.3, 0.4) is 0 Å². The van der Waals surface area contributed by atoms with Gasteiger partial charge in [0, 0.05) is 24.9 Å². The Bertz CT molecular complexity index is 1240. The van der Waals surface area contributed by atoms with E-state index in [1.54, 1.807) is 28.2 Å². The third-order valence-electron chi connectivity index (χ3n) is 7.38. The first kappa shape index (κ1) is 23.9. The average Bonchev–Trinajstić information content (AvgIpc) is 3.50. The minimum Gasteiger partial charge on any atom is -0.316 e. The van der Waals surface area contributed by atoms with Crippen molar-refractivity contribution in [3.05, 3.63) is 53.6 Å². The zero-order valence-electron chi connectivity index (χ0n) is 20.2. The molecule has 2 aliphatic rings. The van der Waals surface area contributed by atoms with Crippen LogP contribution in [0, 0.1) is 5.92 Å². The molecular formula is C27H35N3O2S2. The van der Waals surface area contributed by atoms with Gasteiger partial charge in [0.2, 0.25) is 10.0 Å². The van der Waals surface area contributed by atoms with E-state index in [1.807, 2.05) is 6.07 Å². The Hall–Kier alpha value is -1.83. The van der Waals surface area contributed by atoms with Crippen LogP contribution in [0.5, 0.6) is 0 Å². The standard InChI is InChI=1S/C27H35N3O2S2/c1-3-21-10-12-22(13-11-21)19-33-27-28-25-17-24(34(31,32)29-16-6-7-20(2)18-29)14-15-26(25)30(27)23-8-4-5-9-23/h10-15,17,20,23H,3-9,16,18-19H2,1-2H3/t20-/m0/s1. The lowest BCUT2D eigenvalue weighted by Gasteiger charge is -2.30. The van der Waals surface area contributed by atoms with Gasteiger partial charge in [0.15, 0.2) is 5.16 Å². The molecule has 7 heteroatoms. The number of sulfonamides is 1. The number of thioether (sulfide) groups is 1. The molecule has 1 aromatic heterocycles. The molecule has 0 bridgehead atoms. The fraction of sp³-hybridized carbons (Fsp3) is 0.519. The van der Waals surface area contributed by atoms with Crippen molar-refractivity contribution in [2.24, 2.45) is 5.92 Å². The van der Waals surface area contributed by atoms with Gasteiger partial charge in [-0.05, 0) is 67.3 Å². The van der Waals surface area contributed by atoms with Gasteiger partial charge in [-0.15, -0.1) is 0 Å². The minimum absolute atomic E-state index is 0.372. The molecule has 1 aliphatic heterocycles. The average molecular weight is 498 g/mol. The minimum atomic E-state index is -3.49. The summed E-state index contributed by atoms with van der Waals surface area (Å²) in [5, 5.41) is 1.00. The molecule has 0 unspecified atom stereocenters. The number of piperidine rings is 1. The van der Waals surface area contributed by atoms with E-state index in [1.165, 1.54) is 24.0 Å². The summed E-state index contributed by atoms with van der Waals surface area (Å²) in [6.45, 7) is 5.52. The van der Waals surface area contributed by atoms with Crippen molar-refractivity contribution < 1.29 is 8.42 Å². The van der Waals surface area contributed by atoms with E-state index in [2.05, 4.69) is 42.7 Å². The van der Waals surface area contributed by atoms with E-state index < -0.39 is 10.0 Å².